The first-order valence-corrected chi connectivity index (χ1v) is 6.47. The van der Waals surface area contributed by atoms with Gasteiger partial charge in [0, 0.05) is 17.5 Å². The quantitative estimate of drug-likeness (QED) is 0.865. The third-order valence-electron chi connectivity index (χ3n) is 2.60. The number of ether oxygens (including phenoxy) is 1. The van der Waals surface area contributed by atoms with Crippen LogP contribution in [0.15, 0.2) is 17.8 Å². The third-order valence-corrected chi connectivity index (χ3v) is 3.59. The Bertz CT molecular complexity index is 598. The number of anilines is 1. The van der Waals surface area contributed by atoms with Crippen molar-refractivity contribution in [1.82, 2.24) is 9.97 Å². The molecule has 19 heavy (non-hydrogen) atoms. The zero-order valence-electron chi connectivity index (χ0n) is 10.3. The number of thiazole rings is 1. The van der Waals surface area contributed by atoms with Gasteiger partial charge >= 0.3 is 5.97 Å². The van der Waals surface area contributed by atoms with Crippen LogP contribution in [0.3, 0.4) is 0 Å². The number of aromatic nitrogens is 2. The van der Waals surface area contributed by atoms with E-state index in [0.717, 1.165) is 10.6 Å². The summed E-state index contributed by atoms with van der Waals surface area (Å²) in [4.78, 5) is 20.1. The molecule has 0 atom stereocenters. The first-order chi connectivity index (χ1) is 9.09. The fourth-order valence-corrected chi connectivity index (χ4v) is 2.32. The van der Waals surface area contributed by atoms with Gasteiger partial charge < -0.3 is 15.6 Å². The lowest BCUT2D eigenvalue weighted by Gasteiger charge is -2.08. The van der Waals surface area contributed by atoms with E-state index >= 15 is 0 Å². The molecule has 0 amide bonds. The van der Waals surface area contributed by atoms with Crippen LogP contribution < -0.4 is 10.5 Å². The highest BCUT2D eigenvalue weighted by Crippen LogP contribution is 2.22. The van der Waals surface area contributed by atoms with E-state index in [2.05, 4.69) is 9.97 Å². The number of carboxylic acids is 1. The van der Waals surface area contributed by atoms with Gasteiger partial charge in [0.05, 0.1) is 23.4 Å². The van der Waals surface area contributed by atoms with E-state index in [1.54, 1.807) is 16.8 Å². The maximum absolute atomic E-state index is 10.9. The molecular weight excluding hydrogens is 266 g/mol. The number of nitrogen functional groups attached to an aromatic ring is 1. The number of nitrogens with zero attached hydrogens (tertiary/aromatic N) is 2. The van der Waals surface area contributed by atoms with E-state index < -0.39 is 5.97 Å². The number of aromatic carboxylic acids is 1. The zero-order chi connectivity index (χ0) is 13.8. The van der Waals surface area contributed by atoms with E-state index in [-0.39, 0.29) is 17.1 Å². The Balaban J connectivity index is 2.02. The summed E-state index contributed by atoms with van der Waals surface area (Å²) < 4.78 is 5.44. The van der Waals surface area contributed by atoms with Gasteiger partial charge in [0.15, 0.2) is 0 Å². The average Bonchev–Trinajstić information content (AvgIpc) is 2.77. The van der Waals surface area contributed by atoms with Crippen LogP contribution in [0.1, 0.15) is 20.9 Å². The van der Waals surface area contributed by atoms with Crippen LogP contribution in [-0.2, 0) is 6.42 Å². The second kappa shape index (κ2) is 5.66. The summed E-state index contributed by atoms with van der Waals surface area (Å²) in [6.45, 7) is 2.31. The monoisotopic (exact) mass is 279 g/mol. The van der Waals surface area contributed by atoms with Gasteiger partial charge in [-0.2, -0.15) is 0 Å². The zero-order valence-corrected chi connectivity index (χ0v) is 11.1. The van der Waals surface area contributed by atoms with Crippen LogP contribution in [0.25, 0.3) is 0 Å². The number of pyridine rings is 1. The molecule has 0 aliphatic carbocycles. The van der Waals surface area contributed by atoms with Gasteiger partial charge in [0.1, 0.15) is 5.69 Å². The number of hydrogen-bond donors (Lipinski definition) is 2. The van der Waals surface area contributed by atoms with Gasteiger partial charge in [-0.05, 0) is 13.0 Å². The predicted molar refractivity (Wildman–Crippen MR) is 71.7 cm³/mol. The fraction of sp³-hybridized carbons (Fsp3) is 0.250. The SMILES string of the molecule is Cc1ncsc1CCOc1nccc(C(=O)O)c1N. The van der Waals surface area contributed by atoms with Crippen molar-refractivity contribution in [3.63, 3.8) is 0 Å². The molecule has 0 saturated carbocycles. The number of nitrogens with two attached hydrogens (primary N) is 1. The Kier molecular flexibility index (Phi) is 3.96. The molecule has 0 bridgehead atoms. The van der Waals surface area contributed by atoms with Crippen molar-refractivity contribution in [1.29, 1.82) is 0 Å². The average molecular weight is 279 g/mol. The Labute approximate surface area is 113 Å². The number of hydrogen-bond acceptors (Lipinski definition) is 6. The Morgan fingerprint density at radius 1 is 1.53 bits per heavy atom. The van der Waals surface area contributed by atoms with Crippen molar-refractivity contribution in [2.24, 2.45) is 0 Å². The summed E-state index contributed by atoms with van der Waals surface area (Å²) in [5.41, 5.74) is 8.51. The minimum atomic E-state index is -1.09. The molecule has 2 aromatic rings. The molecule has 0 aliphatic heterocycles. The van der Waals surface area contributed by atoms with Gasteiger partial charge in [-0.1, -0.05) is 0 Å². The van der Waals surface area contributed by atoms with E-state index in [1.807, 2.05) is 6.92 Å². The Morgan fingerprint density at radius 2 is 2.32 bits per heavy atom. The molecule has 3 N–H and O–H groups in total. The van der Waals surface area contributed by atoms with Gasteiger partial charge in [-0.25, -0.2) is 14.8 Å². The molecule has 0 radical (unpaired) electrons. The van der Waals surface area contributed by atoms with Crippen LogP contribution in [0.2, 0.25) is 0 Å². The normalized spacial score (nSPS) is 10.4. The van der Waals surface area contributed by atoms with Crippen LogP contribution in [-0.4, -0.2) is 27.7 Å². The van der Waals surface area contributed by atoms with Gasteiger partial charge in [0.2, 0.25) is 5.88 Å². The van der Waals surface area contributed by atoms with Crippen molar-refractivity contribution in [2.45, 2.75) is 13.3 Å². The Morgan fingerprint density at radius 3 is 2.95 bits per heavy atom. The van der Waals surface area contributed by atoms with Gasteiger partial charge in [-0.3, -0.25) is 0 Å². The maximum atomic E-state index is 10.9. The van der Waals surface area contributed by atoms with Gasteiger partial charge in [0.25, 0.3) is 0 Å². The summed E-state index contributed by atoms with van der Waals surface area (Å²) in [5, 5.41) is 8.93. The third kappa shape index (κ3) is 3.00. The summed E-state index contributed by atoms with van der Waals surface area (Å²) in [6.07, 6.45) is 2.06. The standard InChI is InChI=1S/C12H13N3O3S/c1-7-9(19-6-15-7)3-5-18-11-10(13)8(12(16)17)2-4-14-11/h2,4,6H,3,5,13H2,1H3,(H,16,17). The van der Waals surface area contributed by atoms with Crippen LogP contribution >= 0.6 is 11.3 Å². The predicted octanol–water partition coefficient (Wildman–Crippen LogP) is 1.75. The van der Waals surface area contributed by atoms with Crippen LogP contribution in [0.4, 0.5) is 5.69 Å². The second-order valence-electron chi connectivity index (χ2n) is 3.84. The lowest BCUT2D eigenvalue weighted by molar-refractivity contribution is 0.0697. The minimum Gasteiger partial charge on any atom is -0.478 e. The molecule has 2 aromatic heterocycles. The van der Waals surface area contributed by atoms with Crippen LogP contribution in [0, 0.1) is 6.92 Å². The minimum absolute atomic E-state index is 0.000953. The van der Waals surface area contributed by atoms with Gasteiger partial charge in [-0.15, -0.1) is 11.3 Å². The van der Waals surface area contributed by atoms with E-state index in [1.165, 1.54) is 12.3 Å². The van der Waals surface area contributed by atoms with Crippen LogP contribution in [0.5, 0.6) is 5.88 Å². The highest BCUT2D eigenvalue weighted by molar-refractivity contribution is 7.09. The molecular formula is C12H13N3O3S. The van der Waals surface area contributed by atoms with Crippen molar-refractivity contribution < 1.29 is 14.6 Å². The van der Waals surface area contributed by atoms with Crippen molar-refractivity contribution in [3.05, 3.63) is 33.9 Å². The molecule has 2 heterocycles. The van der Waals surface area contributed by atoms with E-state index in [4.69, 9.17) is 15.6 Å². The lowest BCUT2D eigenvalue weighted by atomic mass is 10.2. The molecule has 0 aliphatic rings. The van der Waals surface area contributed by atoms with Crippen molar-refractivity contribution in [2.75, 3.05) is 12.3 Å². The highest BCUT2D eigenvalue weighted by Gasteiger charge is 2.13. The molecule has 100 valence electrons. The molecule has 7 heteroatoms. The summed E-state index contributed by atoms with van der Waals surface area (Å²) in [7, 11) is 0. The smallest absolute Gasteiger partial charge is 0.338 e. The topological polar surface area (TPSA) is 98.3 Å². The molecule has 6 nitrogen and oxygen atoms in total. The largest absolute Gasteiger partial charge is 0.478 e. The fourth-order valence-electron chi connectivity index (χ4n) is 1.56. The first kappa shape index (κ1) is 13.3. The van der Waals surface area contributed by atoms with E-state index in [9.17, 15) is 4.79 Å². The molecule has 0 unspecified atom stereocenters. The molecule has 0 fully saturated rings. The summed E-state index contributed by atoms with van der Waals surface area (Å²) in [5.74, 6) is -0.940. The highest BCUT2D eigenvalue weighted by atomic mass is 32.1. The Hall–Kier alpha value is -2.15. The number of rotatable bonds is 5. The number of aryl methyl sites for hydroxylation is 1. The van der Waals surface area contributed by atoms with Crippen molar-refractivity contribution in [3.8, 4) is 5.88 Å². The lowest BCUT2D eigenvalue weighted by Crippen LogP contribution is -2.09. The molecule has 0 spiro atoms. The second-order valence-corrected chi connectivity index (χ2v) is 4.78. The molecule has 2 rings (SSSR count). The molecule has 0 aromatic carbocycles. The van der Waals surface area contributed by atoms with Crippen molar-refractivity contribution >= 4 is 23.0 Å². The first-order valence-electron chi connectivity index (χ1n) is 5.59. The maximum Gasteiger partial charge on any atom is 0.338 e. The number of carbonyl (C=O) groups is 1. The van der Waals surface area contributed by atoms with E-state index in [0.29, 0.717) is 13.0 Å². The summed E-state index contributed by atoms with van der Waals surface area (Å²) >= 11 is 1.56. The number of carboxylic acid groups (broad SMARTS) is 1. The summed E-state index contributed by atoms with van der Waals surface area (Å²) in [6, 6.07) is 1.35. The molecule has 0 saturated heterocycles.